The molecule has 0 unspecified atom stereocenters. The van der Waals surface area contributed by atoms with Crippen LogP contribution in [-0.2, 0) is 4.79 Å². The second-order valence-electron chi connectivity index (χ2n) is 4.35. The van der Waals surface area contributed by atoms with Crippen LogP contribution in [0.1, 0.15) is 29.6 Å². The van der Waals surface area contributed by atoms with Crippen LogP contribution in [-0.4, -0.2) is 34.7 Å². The Morgan fingerprint density at radius 2 is 2.00 bits per heavy atom. The van der Waals surface area contributed by atoms with Crippen molar-refractivity contribution in [1.82, 2.24) is 10.4 Å². The Labute approximate surface area is 105 Å². The molecule has 0 radical (unpaired) electrons. The van der Waals surface area contributed by atoms with Gasteiger partial charge >= 0.3 is 0 Å². The van der Waals surface area contributed by atoms with Crippen LogP contribution in [0.25, 0.3) is 0 Å². The lowest BCUT2D eigenvalue weighted by molar-refractivity contribution is -0.166. The summed E-state index contributed by atoms with van der Waals surface area (Å²) in [6, 6.07) is 8.10. The zero-order valence-electron chi connectivity index (χ0n) is 10.0. The first-order valence-corrected chi connectivity index (χ1v) is 6.04. The van der Waals surface area contributed by atoms with Gasteiger partial charge in [-0.3, -0.25) is 14.8 Å². The van der Waals surface area contributed by atoms with Gasteiger partial charge in [-0.1, -0.05) is 18.2 Å². The molecule has 0 aromatic heterocycles. The first-order chi connectivity index (χ1) is 8.68. The first kappa shape index (κ1) is 12.6. The molecule has 2 rings (SSSR count). The first-order valence-electron chi connectivity index (χ1n) is 6.04. The van der Waals surface area contributed by atoms with Crippen molar-refractivity contribution >= 4 is 11.8 Å². The molecule has 5 nitrogen and oxygen atoms in total. The van der Waals surface area contributed by atoms with E-state index in [-0.39, 0.29) is 5.91 Å². The number of nitrogens with zero attached hydrogens (tertiary/aromatic N) is 1. The third kappa shape index (κ3) is 2.87. The quantitative estimate of drug-likeness (QED) is 0.772. The lowest BCUT2D eigenvalue weighted by Gasteiger charge is -2.19. The third-order valence-corrected chi connectivity index (χ3v) is 3.01. The minimum Gasteiger partial charge on any atom is -0.340 e. The molecule has 1 aliphatic rings. The Morgan fingerprint density at radius 3 is 2.72 bits per heavy atom. The molecule has 1 aromatic carbocycles. The van der Waals surface area contributed by atoms with E-state index in [0.29, 0.717) is 23.6 Å². The second-order valence-corrected chi connectivity index (χ2v) is 4.35. The normalized spacial score (nSPS) is 20.4. The Hall–Kier alpha value is -1.88. The van der Waals surface area contributed by atoms with Gasteiger partial charge in [-0.2, -0.15) is 0 Å². The highest BCUT2D eigenvalue weighted by Gasteiger charge is 2.27. The van der Waals surface area contributed by atoms with Crippen molar-refractivity contribution in [3.05, 3.63) is 35.9 Å². The standard InChI is InChI=1S/C13H16N2O3/c16-12(10-6-2-1-3-7-10)14-11-8-4-5-9-15(18)13(11)17/h1-3,6-7,11,18H,4-5,8-9H2,(H,14,16)/t11-/m0/s1. The van der Waals surface area contributed by atoms with Crippen molar-refractivity contribution in [2.24, 2.45) is 0 Å². The molecule has 1 atom stereocenters. The molecule has 1 fully saturated rings. The molecule has 0 spiro atoms. The van der Waals surface area contributed by atoms with Crippen molar-refractivity contribution in [2.45, 2.75) is 25.3 Å². The van der Waals surface area contributed by atoms with Gasteiger partial charge in [-0.15, -0.1) is 0 Å². The number of carbonyl (C=O) groups excluding carboxylic acids is 2. The molecule has 18 heavy (non-hydrogen) atoms. The van der Waals surface area contributed by atoms with E-state index in [0.717, 1.165) is 12.8 Å². The van der Waals surface area contributed by atoms with Gasteiger partial charge in [0.1, 0.15) is 6.04 Å². The lowest BCUT2D eigenvalue weighted by Crippen LogP contribution is -2.46. The number of hydrogen-bond acceptors (Lipinski definition) is 3. The van der Waals surface area contributed by atoms with Crippen LogP contribution in [0.4, 0.5) is 0 Å². The second kappa shape index (κ2) is 5.64. The highest BCUT2D eigenvalue weighted by molar-refractivity contribution is 5.97. The molecule has 2 N–H and O–H groups in total. The van der Waals surface area contributed by atoms with E-state index in [1.54, 1.807) is 24.3 Å². The van der Waals surface area contributed by atoms with Crippen LogP contribution in [0.5, 0.6) is 0 Å². The van der Waals surface area contributed by atoms with Crippen LogP contribution < -0.4 is 5.32 Å². The largest absolute Gasteiger partial charge is 0.340 e. The summed E-state index contributed by atoms with van der Waals surface area (Å²) in [6.45, 7) is 0.330. The van der Waals surface area contributed by atoms with Crippen LogP contribution >= 0.6 is 0 Å². The minimum atomic E-state index is -0.634. The summed E-state index contributed by atoms with van der Waals surface area (Å²) >= 11 is 0. The summed E-state index contributed by atoms with van der Waals surface area (Å²) < 4.78 is 0. The minimum absolute atomic E-state index is 0.288. The molecular weight excluding hydrogens is 232 g/mol. The Bertz CT molecular complexity index is 433. The molecule has 1 heterocycles. The fourth-order valence-corrected chi connectivity index (χ4v) is 1.99. The monoisotopic (exact) mass is 248 g/mol. The van der Waals surface area contributed by atoms with Gasteiger partial charge in [0.25, 0.3) is 11.8 Å². The van der Waals surface area contributed by atoms with E-state index in [4.69, 9.17) is 0 Å². The molecule has 0 saturated carbocycles. The Morgan fingerprint density at radius 1 is 1.28 bits per heavy atom. The molecule has 2 amide bonds. The van der Waals surface area contributed by atoms with E-state index in [2.05, 4.69) is 5.32 Å². The van der Waals surface area contributed by atoms with Crippen LogP contribution in [0.2, 0.25) is 0 Å². The number of rotatable bonds is 2. The van der Waals surface area contributed by atoms with Crippen molar-refractivity contribution in [3.63, 3.8) is 0 Å². The number of amides is 2. The van der Waals surface area contributed by atoms with Crippen molar-refractivity contribution < 1.29 is 14.8 Å². The summed E-state index contributed by atoms with van der Waals surface area (Å²) in [6.07, 6.45) is 2.12. The SMILES string of the molecule is O=C(N[C@H]1CCCCN(O)C1=O)c1ccccc1. The maximum Gasteiger partial charge on any atom is 0.268 e. The fraction of sp³-hybridized carbons (Fsp3) is 0.385. The van der Waals surface area contributed by atoms with Gasteiger partial charge in [0.15, 0.2) is 0 Å². The summed E-state index contributed by atoms with van der Waals surface area (Å²) in [7, 11) is 0. The summed E-state index contributed by atoms with van der Waals surface area (Å²) in [5.74, 6) is -0.721. The Balaban J connectivity index is 2.04. The van der Waals surface area contributed by atoms with E-state index in [9.17, 15) is 14.8 Å². The predicted molar refractivity (Wildman–Crippen MR) is 65.0 cm³/mol. The van der Waals surface area contributed by atoms with E-state index in [1.165, 1.54) is 0 Å². The molecule has 1 aromatic rings. The van der Waals surface area contributed by atoms with Gasteiger partial charge in [0, 0.05) is 12.1 Å². The van der Waals surface area contributed by atoms with Gasteiger partial charge < -0.3 is 5.32 Å². The van der Waals surface area contributed by atoms with Gasteiger partial charge in [0.05, 0.1) is 0 Å². The predicted octanol–water partition coefficient (Wildman–Crippen LogP) is 1.19. The Kier molecular flexibility index (Phi) is 3.94. The summed E-state index contributed by atoms with van der Waals surface area (Å²) in [5.41, 5.74) is 0.513. The fourth-order valence-electron chi connectivity index (χ4n) is 1.99. The molecule has 96 valence electrons. The number of nitrogens with one attached hydrogen (secondary N) is 1. The average Bonchev–Trinajstić information content (AvgIpc) is 2.55. The molecule has 1 saturated heterocycles. The highest BCUT2D eigenvalue weighted by Crippen LogP contribution is 2.11. The van der Waals surface area contributed by atoms with Crippen LogP contribution in [0.3, 0.4) is 0 Å². The lowest BCUT2D eigenvalue weighted by atomic mass is 10.1. The average molecular weight is 248 g/mol. The molecule has 0 bridgehead atoms. The van der Waals surface area contributed by atoms with Crippen molar-refractivity contribution in [1.29, 1.82) is 0 Å². The topological polar surface area (TPSA) is 69.6 Å². The van der Waals surface area contributed by atoms with Crippen LogP contribution in [0, 0.1) is 0 Å². The molecular formula is C13H16N2O3. The van der Waals surface area contributed by atoms with E-state index < -0.39 is 11.9 Å². The van der Waals surface area contributed by atoms with Gasteiger partial charge in [0.2, 0.25) is 0 Å². The van der Waals surface area contributed by atoms with Gasteiger partial charge in [-0.25, -0.2) is 5.06 Å². The molecule has 5 heteroatoms. The number of carbonyl (C=O) groups is 2. The zero-order valence-corrected chi connectivity index (χ0v) is 10.0. The van der Waals surface area contributed by atoms with Crippen molar-refractivity contribution in [3.8, 4) is 0 Å². The maximum atomic E-state index is 11.9. The van der Waals surface area contributed by atoms with Crippen molar-refractivity contribution in [2.75, 3.05) is 6.54 Å². The number of benzene rings is 1. The van der Waals surface area contributed by atoms with Crippen LogP contribution in [0.15, 0.2) is 30.3 Å². The third-order valence-electron chi connectivity index (χ3n) is 3.01. The molecule has 1 aliphatic heterocycles. The summed E-state index contributed by atoms with van der Waals surface area (Å²) in [4.78, 5) is 23.7. The molecule has 0 aliphatic carbocycles. The zero-order chi connectivity index (χ0) is 13.0. The van der Waals surface area contributed by atoms with E-state index >= 15 is 0 Å². The van der Waals surface area contributed by atoms with Gasteiger partial charge in [-0.05, 0) is 31.4 Å². The highest BCUT2D eigenvalue weighted by atomic mass is 16.5. The van der Waals surface area contributed by atoms with E-state index in [1.807, 2.05) is 6.07 Å². The summed E-state index contributed by atoms with van der Waals surface area (Å²) in [5, 5.41) is 12.8. The smallest absolute Gasteiger partial charge is 0.268 e. The number of hydroxylamine groups is 2. The maximum absolute atomic E-state index is 11.9. The number of hydrogen-bond donors (Lipinski definition) is 2.